The summed E-state index contributed by atoms with van der Waals surface area (Å²) in [7, 11) is 0. The minimum atomic E-state index is 0.906. The molecule has 0 amide bonds. The van der Waals surface area contributed by atoms with Gasteiger partial charge in [0, 0.05) is 19.6 Å². The van der Waals surface area contributed by atoms with Crippen LogP contribution in [0, 0.1) is 0 Å². The van der Waals surface area contributed by atoms with Crippen molar-refractivity contribution in [3.63, 3.8) is 0 Å². The van der Waals surface area contributed by atoms with E-state index < -0.39 is 0 Å². The van der Waals surface area contributed by atoms with Gasteiger partial charge in [-0.2, -0.15) is 0 Å². The molecular weight excluding hydrogens is 140 g/mol. The molecule has 0 fully saturated rings. The Hall–Kier alpha value is -0.770. The third-order valence-corrected chi connectivity index (χ3v) is 1.52. The molecule has 0 aliphatic carbocycles. The van der Waals surface area contributed by atoms with Crippen molar-refractivity contribution in [3.05, 3.63) is 0 Å². The molecule has 11 heavy (non-hydrogen) atoms. The molecule has 4 heteroatoms. The van der Waals surface area contributed by atoms with Crippen molar-refractivity contribution in [2.75, 3.05) is 32.7 Å². The minimum absolute atomic E-state index is 0.906. The van der Waals surface area contributed by atoms with Gasteiger partial charge in [0.1, 0.15) is 0 Å². The maximum absolute atomic E-state index is 4.20. The molecule has 1 heterocycles. The third kappa shape index (κ3) is 3.23. The summed E-state index contributed by atoms with van der Waals surface area (Å²) in [4.78, 5) is 4.20. The number of nitrogens with zero attached hydrogens (tertiary/aromatic N) is 1. The highest BCUT2D eigenvalue weighted by atomic mass is 15.2. The van der Waals surface area contributed by atoms with Crippen molar-refractivity contribution in [1.29, 1.82) is 0 Å². The number of hydrogen-bond acceptors (Lipinski definition) is 4. The van der Waals surface area contributed by atoms with Crippen molar-refractivity contribution in [2.45, 2.75) is 6.92 Å². The molecule has 0 saturated carbocycles. The van der Waals surface area contributed by atoms with Gasteiger partial charge in [-0.15, -0.1) is 0 Å². The van der Waals surface area contributed by atoms with Crippen molar-refractivity contribution in [1.82, 2.24) is 16.0 Å². The molecule has 0 bridgehead atoms. The Morgan fingerprint density at radius 3 is 3.09 bits per heavy atom. The van der Waals surface area contributed by atoms with Crippen LogP contribution in [0.15, 0.2) is 4.99 Å². The lowest BCUT2D eigenvalue weighted by molar-refractivity contribution is 0.693. The van der Waals surface area contributed by atoms with E-state index in [0.29, 0.717) is 0 Å². The molecule has 0 saturated heterocycles. The van der Waals surface area contributed by atoms with E-state index in [2.05, 4.69) is 27.9 Å². The van der Waals surface area contributed by atoms with Crippen molar-refractivity contribution in [2.24, 2.45) is 4.99 Å². The zero-order valence-corrected chi connectivity index (χ0v) is 6.98. The maximum atomic E-state index is 4.20. The van der Waals surface area contributed by atoms with E-state index >= 15 is 0 Å². The predicted octanol–water partition coefficient (Wildman–Crippen LogP) is -0.855. The monoisotopic (exact) mass is 156 g/mol. The second-order valence-electron chi connectivity index (χ2n) is 2.44. The fourth-order valence-electron chi connectivity index (χ4n) is 0.962. The van der Waals surface area contributed by atoms with Gasteiger partial charge >= 0.3 is 0 Å². The summed E-state index contributed by atoms with van der Waals surface area (Å²) >= 11 is 0. The summed E-state index contributed by atoms with van der Waals surface area (Å²) in [6.07, 6.45) is 0. The van der Waals surface area contributed by atoms with Crippen LogP contribution in [0.4, 0.5) is 0 Å². The second-order valence-corrected chi connectivity index (χ2v) is 2.44. The molecule has 64 valence electrons. The molecule has 1 rings (SSSR count). The fraction of sp³-hybridized carbons (Fsp3) is 0.857. The smallest absolute Gasteiger partial charge is 0.191 e. The summed E-state index contributed by atoms with van der Waals surface area (Å²) in [5.74, 6) is 0.947. The average molecular weight is 156 g/mol. The molecule has 1 aliphatic rings. The Labute approximate surface area is 67.5 Å². The van der Waals surface area contributed by atoms with Gasteiger partial charge in [-0.1, -0.05) is 6.92 Å². The predicted molar refractivity (Wildman–Crippen MR) is 46.9 cm³/mol. The topological polar surface area (TPSA) is 48.5 Å². The van der Waals surface area contributed by atoms with Gasteiger partial charge < -0.3 is 16.0 Å². The molecule has 0 atom stereocenters. The van der Waals surface area contributed by atoms with Gasteiger partial charge in [-0.05, 0) is 6.54 Å². The summed E-state index contributed by atoms with van der Waals surface area (Å²) in [5, 5.41) is 9.56. The largest absolute Gasteiger partial charge is 0.355 e. The Morgan fingerprint density at radius 2 is 2.45 bits per heavy atom. The number of hydrogen-bond donors (Lipinski definition) is 3. The van der Waals surface area contributed by atoms with Crippen molar-refractivity contribution < 1.29 is 0 Å². The molecule has 3 N–H and O–H groups in total. The average Bonchev–Trinajstić information content (AvgIpc) is 2.50. The molecule has 0 aromatic rings. The lowest BCUT2D eigenvalue weighted by Crippen LogP contribution is -2.37. The van der Waals surface area contributed by atoms with E-state index in [-0.39, 0.29) is 0 Å². The normalized spacial score (nSPS) is 15.9. The first-order chi connectivity index (χ1) is 5.43. The minimum Gasteiger partial charge on any atom is -0.355 e. The lowest BCUT2D eigenvalue weighted by atomic mass is 10.6. The standard InChI is InChI=1S/C7H16N4/c1-2-8-3-4-9-7-10-5-6-11-7/h8H,2-6H2,1H3,(H2,9,10,11). The molecule has 0 unspecified atom stereocenters. The molecule has 1 aliphatic heterocycles. The zero-order valence-electron chi connectivity index (χ0n) is 6.98. The van der Waals surface area contributed by atoms with Crippen LogP contribution in [0.5, 0.6) is 0 Å². The summed E-state index contributed by atoms with van der Waals surface area (Å²) in [5.41, 5.74) is 0. The van der Waals surface area contributed by atoms with E-state index in [1.165, 1.54) is 0 Å². The number of likely N-dealkylation sites (N-methyl/N-ethyl adjacent to an activating group) is 1. The van der Waals surface area contributed by atoms with Gasteiger partial charge in [0.25, 0.3) is 0 Å². The molecule has 4 nitrogen and oxygen atoms in total. The SMILES string of the molecule is CCNCCNC1=NCCN1. The molecular formula is C7H16N4. The Kier molecular flexibility index (Phi) is 3.75. The van der Waals surface area contributed by atoms with Gasteiger partial charge in [0.15, 0.2) is 5.96 Å². The second kappa shape index (κ2) is 4.96. The third-order valence-electron chi connectivity index (χ3n) is 1.52. The van der Waals surface area contributed by atoms with Gasteiger partial charge in [0.05, 0.1) is 6.54 Å². The van der Waals surface area contributed by atoms with Crippen molar-refractivity contribution in [3.8, 4) is 0 Å². The number of nitrogens with one attached hydrogen (secondary N) is 3. The number of guanidine groups is 1. The highest BCUT2D eigenvalue weighted by Crippen LogP contribution is 1.79. The number of rotatable bonds is 4. The van der Waals surface area contributed by atoms with Crippen molar-refractivity contribution >= 4 is 5.96 Å². The molecule has 0 aromatic carbocycles. The first-order valence-electron chi connectivity index (χ1n) is 4.16. The molecule has 0 spiro atoms. The van der Waals surface area contributed by atoms with Crippen LogP contribution in [0.3, 0.4) is 0 Å². The Morgan fingerprint density at radius 1 is 1.55 bits per heavy atom. The maximum Gasteiger partial charge on any atom is 0.191 e. The quantitative estimate of drug-likeness (QED) is 0.464. The molecule has 0 aromatic heterocycles. The zero-order chi connectivity index (χ0) is 7.94. The summed E-state index contributed by atoms with van der Waals surface area (Å²) in [6.45, 7) is 6.96. The van der Waals surface area contributed by atoms with E-state index in [9.17, 15) is 0 Å². The summed E-state index contributed by atoms with van der Waals surface area (Å²) in [6, 6.07) is 0. The van der Waals surface area contributed by atoms with Crippen LogP contribution in [-0.2, 0) is 0 Å². The van der Waals surface area contributed by atoms with E-state index in [0.717, 1.165) is 38.7 Å². The van der Waals surface area contributed by atoms with E-state index in [1.54, 1.807) is 0 Å². The summed E-state index contributed by atoms with van der Waals surface area (Å²) < 4.78 is 0. The fourth-order valence-corrected chi connectivity index (χ4v) is 0.962. The molecule has 0 radical (unpaired) electrons. The first-order valence-corrected chi connectivity index (χ1v) is 4.16. The van der Waals surface area contributed by atoms with Crippen LogP contribution in [0.25, 0.3) is 0 Å². The Balaban J connectivity index is 1.94. The van der Waals surface area contributed by atoms with Crippen LogP contribution in [0.2, 0.25) is 0 Å². The van der Waals surface area contributed by atoms with Crippen LogP contribution in [-0.4, -0.2) is 38.7 Å². The lowest BCUT2D eigenvalue weighted by Gasteiger charge is -2.05. The first kappa shape index (κ1) is 8.33. The van der Waals surface area contributed by atoms with Gasteiger partial charge in [-0.3, -0.25) is 4.99 Å². The van der Waals surface area contributed by atoms with E-state index in [1.807, 2.05) is 0 Å². The van der Waals surface area contributed by atoms with Gasteiger partial charge in [-0.25, -0.2) is 0 Å². The Bertz CT molecular complexity index is 132. The number of aliphatic imine (C=N–C) groups is 1. The highest BCUT2D eigenvalue weighted by molar-refractivity contribution is 5.81. The van der Waals surface area contributed by atoms with Crippen LogP contribution in [0.1, 0.15) is 6.92 Å². The van der Waals surface area contributed by atoms with Gasteiger partial charge in [0.2, 0.25) is 0 Å². The van der Waals surface area contributed by atoms with Crippen LogP contribution < -0.4 is 16.0 Å². The highest BCUT2D eigenvalue weighted by Gasteiger charge is 2.01. The van der Waals surface area contributed by atoms with Crippen LogP contribution >= 0.6 is 0 Å². The van der Waals surface area contributed by atoms with E-state index in [4.69, 9.17) is 0 Å².